The predicted molar refractivity (Wildman–Crippen MR) is 73.0 cm³/mol. The van der Waals surface area contributed by atoms with Gasteiger partial charge in [0.15, 0.2) is 5.82 Å². The number of aryl methyl sites for hydroxylation is 1. The van der Waals surface area contributed by atoms with Crippen LogP contribution in [0.1, 0.15) is 11.4 Å². The Morgan fingerprint density at radius 1 is 1.40 bits per heavy atom. The number of primary amides is 1. The van der Waals surface area contributed by atoms with Gasteiger partial charge in [-0.15, -0.1) is 10.2 Å². The van der Waals surface area contributed by atoms with Crippen LogP contribution in [0.2, 0.25) is 0 Å². The zero-order valence-corrected chi connectivity index (χ0v) is 11.2. The summed E-state index contributed by atoms with van der Waals surface area (Å²) in [6.07, 6.45) is 0. The number of benzene rings is 1. The van der Waals surface area contributed by atoms with Crippen LogP contribution < -0.4 is 11.5 Å². The summed E-state index contributed by atoms with van der Waals surface area (Å²) in [6, 6.07) is 7.48. The molecule has 20 heavy (non-hydrogen) atoms. The van der Waals surface area contributed by atoms with E-state index in [1.54, 1.807) is 7.05 Å². The Labute approximate surface area is 116 Å². The molecule has 8 nitrogen and oxygen atoms in total. The molecule has 1 amide bonds. The van der Waals surface area contributed by atoms with Crippen molar-refractivity contribution in [3.63, 3.8) is 0 Å². The van der Waals surface area contributed by atoms with Gasteiger partial charge < -0.3 is 11.5 Å². The highest BCUT2D eigenvalue weighted by atomic mass is 16.1. The minimum absolute atomic E-state index is 0.118. The van der Waals surface area contributed by atoms with Gasteiger partial charge in [-0.25, -0.2) is 0 Å². The van der Waals surface area contributed by atoms with E-state index >= 15 is 0 Å². The van der Waals surface area contributed by atoms with Crippen LogP contribution in [-0.4, -0.2) is 37.6 Å². The molecule has 0 unspecified atom stereocenters. The van der Waals surface area contributed by atoms with E-state index in [-0.39, 0.29) is 6.54 Å². The summed E-state index contributed by atoms with van der Waals surface area (Å²) in [5, 5.41) is 11.8. The SMILES string of the molecule is Cn1nnc(CN(CC(N)=O)Cc2cccc(N)c2)n1. The van der Waals surface area contributed by atoms with Crippen molar-refractivity contribution in [1.29, 1.82) is 0 Å². The molecular formula is C12H17N7O. The largest absolute Gasteiger partial charge is 0.399 e. The molecule has 2 aromatic rings. The Morgan fingerprint density at radius 2 is 2.20 bits per heavy atom. The summed E-state index contributed by atoms with van der Waals surface area (Å²) in [5.74, 6) is 0.135. The van der Waals surface area contributed by atoms with Crippen LogP contribution in [0.15, 0.2) is 24.3 Å². The first-order valence-corrected chi connectivity index (χ1v) is 6.11. The number of nitrogens with zero attached hydrogens (tertiary/aromatic N) is 5. The molecule has 0 bridgehead atoms. The number of nitrogen functional groups attached to an aromatic ring is 1. The van der Waals surface area contributed by atoms with Gasteiger partial charge in [0.1, 0.15) is 0 Å². The van der Waals surface area contributed by atoms with Gasteiger partial charge >= 0.3 is 0 Å². The van der Waals surface area contributed by atoms with E-state index in [1.807, 2.05) is 29.2 Å². The van der Waals surface area contributed by atoms with Gasteiger partial charge in [0.25, 0.3) is 0 Å². The van der Waals surface area contributed by atoms with Crippen LogP contribution in [-0.2, 0) is 24.9 Å². The number of hydrogen-bond donors (Lipinski definition) is 2. The van der Waals surface area contributed by atoms with E-state index in [1.165, 1.54) is 4.80 Å². The van der Waals surface area contributed by atoms with Crippen molar-refractivity contribution >= 4 is 11.6 Å². The summed E-state index contributed by atoms with van der Waals surface area (Å²) in [4.78, 5) is 14.4. The van der Waals surface area contributed by atoms with E-state index in [9.17, 15) is 4.79 Å². The van der Waals surface area contributed by atoms with Crippen LogP contribution in [0.3, 0.4) is 0 Å². The topological polar surface area (TPSA) is 116 Å². The van der Waals surface area contributed by atoms with Crippen LogP contribution in [0.5, 0.6) is 0 Å². The van der Waals surface area contributed by atoms with Crippen molar-refractivity contribution in [2.24, 2.45) is 12.8 Å². The first kappa shape index (κ1) is 13.9. The Balaban J connectivity index is 2.09. The Hall–Kier alpha value is -2.48. The molecule has 4 N–H and O–H groups in total. The molecule has 1 aromatic carbocycles. The lowest BCUT2D eigenvalue weighted by Crippen LogP contribution is -2.33. The Morgan fingerprint density at radius 3 is 2.80 bits per heavy atom. The lowest BCUT2D eigenvalue weighted by molar-refractivity contribution is -0.119. The van der Waals surface area contributed by atoms with Gasteiger partial charge in [0, 0.05) is 12.2 Å². The minimum Gasteiger partial charge on any atom is -0.399 e. The fourth-order valence-corrected chi connectivity index (χ4v) is 1.92. The number of hydrogen-bond acceptors (Lipinski definition) is 6. The van der Waals surface area contributed by atoms with Crippen molar-refractivity contribution in [1.82, 2.24) is 25.1 Å². The molecule has 0 atom stereocenters. The molecule has 106 valence electrons. The van der Waals surface area contributed by atoms with E-state index in [0.29, 0.717) is 24.6 Å². The maximum atomic E-state index is 11.2. The monoisotopic (exact) mass is 275 g/mol. The summed E-state index contributed by atoms with van der Waals surface area (Å²) in [6.45, 7) is 1.05. The number of anilines is 1. The molecule has 0 aliphatic carbocycles. The minimum atomic E-state index is -0.405. The lowest BCUT2D eigenvalue weighted by atomic mass is 10.2. The van der Waals surface area contributed by atoms with Crippen molar-refractivity contribution in [3.05, 3.63) is 35.7 Å². The van der Waals surface area contributed by atoms with Crippen LogP contribution in [0.25, 0.3) is 0 Å². The average Bonchev–Trinajstić information content (AvgIpc) is 2.73. The highest BCUT2D eigenvalue weighted by molar-refractivity contribution is 5.75. The quantitative estimate of drug-likeness (QED) is 0.672. The molecule has 0 aliphatic rings. The summed E-state index contributed by atoms with van der Waals surface area (Å²) in [7, 11) is 1.69. The second-order valence-electron chi connectivity index (χ2n) is 4.55. The van der Waals surface area contributed by atoms with E-state index < -0.39 is 5.91 Å². The fourth-order valence-electron chi connectivity index (χ4n) is 1.92. The number of nitrogens with two attached hydrogens (primary N) is 2. The number of rotatable bonds is 6. The molecule has 0 fully saturated rings. The van der Waals surface area contributed by atoms with Gasteiger partial charge in [0.05, 0.1) is 20.1 Å². The van der Waals surface area contributed by atoms with Crippen molar-refractivity contribution in [3.8, 4) is 0 Å². The number of carbonyl (C=O) groups excluding carboxylic acids is 1. The zero-order valence-electron chi connectivity index (χ0n) is 11.2. The average molecular weight is 275 g/mol. The maximum absolute atomic E-state index is 11.2. The molecule has 0 aliphatic heterocycles. The molecule has 0 radical (unpaired) electrons. The van der Waals surface area contributed by atoms with E-state index in [4.69, 9.17) is 11.5 Å². The third-order valence-corrected chi connectivity index (χ3v) is 2.65. The normalized spacial score (nSPS) is 10.9. The molecule has 8 heteroatoms. The second-order valence-corrected chi connectivity index (χ2v) is 4.55. The lowest BCUT2D eigenvalue weighted by Gasteiger charge is -2.19. The number of aromatic nitrogens is 4. The standard InChI is InChI=1S/C12H17N7O/c1-18-16-12(15-17-18)8-19(7-11(14)20)6-9-3-2-4-10(13)5-9/h2-5H,6-8,13H2,1H3,(H2,14,20). The van der Waals surface area contributed by atoms with Crippen molar-refractivity contribution in [2.75, 3.05) is 12.3 Å². The van der Waals surface area contributed by atoms with E-state index in [2.05, 4.69) is 15.4 Å². The summed E-state index contributed by atoms with van der Waals surface area (Å²) < 4.78 is 0. The van der Waals surface area contributed by atoms with Gasteiger partial charge in [-0.1, -0.05) is 12.1 Å². The smallest absolute Gasteiger partial charge is 0.231 e. The molecule has 0 saturated carbocycles. The molecule has 0 saturated heterocycles. The molecule has 1 aromatic heterocycles. The van der Waals surface area contributed by atoms with Gasteiger partial charge in [0.2, 0.25) is 5.91 Å². The zero-order chi connectivity index (χ0) is 14.5. The maximum Gasteiger partial charge on any atom is 0.231 e. The third kappa shape index (κ3) is 4.02. The van der Waals surface area contributed by atoms with Crippen molar-refractivity contribution in [2.45, 2.75) is 13.1 Å². The molecule has 1 heterocycles. The highest BCUT2D eigenvalue weighted by Gasteiger charge is 2.13. The highest BCUT2D eigenvalue weighted by Crippen LogP contribution is 2.10. The molecule has 0 spiro atoms. The molecule has 2 rings (SSSR count). The Kier molecular flexibility index (Phi) is 4.26. The summed E-state index contributed by atoms with van der Waals surface area (Å²) in [5.41, 5.74) is 12.7. The van der Waals surface area contributed by atoms with Crippen LogP contribution in [0, 0.1) is 0 Å². The first-order valence-electron chi connectivity index (χ1n) is 6.11. The van der Waals surface area contributed by atoms with Crippen LogP contribution >= 0.6 is 0 Å². The number of amides is 1. The molecular weight excluding hydrogens is 258 g/mol. The number of carbonyl (C=O) groups is 1. The van der Waals surface area contributed by atoms with Gasteiger partial charge in [-0.2, -0.15) is 4.80 Å². The fraction of sp³-hybridized carbons (Fsp3) is 0.333. The third-order valence-electron chi connectivity index (χ3n) is 2.65. The summed E-state index contributed by atoms with van der Waals surface area (Å²) >= 11 is 0. The van der Waals surface area contributed by atoms with E-state index in [0.717, 1.165) is 5.56 Å². The second kappa shape index (κ2) is 6.11. The van der Waals surface area contributed by atoms with Crippen molar-refractivity contribution < 1.29 is 4.79 Å². The van der Waals surface area contributed by atoms with Crippen LogP contribution in [0.4, 0.5) is 5.69 Å². The Bertz CT molecular complexity index is 595. The number of tetrazole rings is 1. The predicted octanol–water partition coefficient (Wildman–Crippen LogP) is -0.720. The first-order chi connectivity index (χ1) is 9.52. The van der Waals surface area contributed by atoms with Gasteiger partial charge in [-0.3, -0.25) is 9.69 Å². The van der Waals surface area contributed by atoms with Gasteiger partial charge in [-0.05, 0) is 22.9 Å².